The molecule has 3 nitrogen and oxygen atoms in total. The van der Waals surface area contributed by atoms with Crippen molar-refractivity contribution >= 4 is 28.3 Å². The first-order chi connectivity index (χ1) is 6.50. The van der Waals surface area contributed by atoms with E-state index in [1.807, 2.05) is 14.1 Å². The second-order valence-corrected chi connectivity index (χ2v) is 4.59. The summed E-state index contributed by atoms with van der Waals surface area (Å²) < 4.78 is 0.630. The van der Waals surface area contributed by atoms with Crippen molar-refractivity contribution < 1.29 is 10.2 Å². The van der Waals surface area contributed by atoms with E-state index >= 15 is 0 Å². The zero-order chi connectivity index (χ0) is 10.7. The van der Waals surface area contributed by atoms with Gasteiger partial charge < -0.3 is 15.1 Å². The van der Waals surface area contributed by atoms with Crippen molar-refractivity contribution in [1.82, 2.24) is 4.90 Å². The molecule has 2 N–H and O–H groups in total. The molecule has 0 heterocycles. The summed E-state index contributed by atoms with van der Waals surface area (Å²) in [5.41, 5.74) is 0. The largest absolute Gasteiger partial charge is 0.508 e. The van der Waals surface area contributed by atoms with Crippen molar-refractivity contribution in [3.05, 3.63) is 18.2 Å². The predicted octanol–water partition coefficient (Wildman–Crippen LogP) is 2.04. The number of aromatic hydroxyl groups is 2. The lowest BCUT2D eigenvalue weighted by atomic mass is 10.3. The lowest BCUT2D eigenvalue weighted by Crippen LogP contribution is -2.15. The second-order valence-electron chi connectivity index (χ2n) is 2.91. The first-order valence-electron chi connectivity index (χ1n) is 3.92. The molecule has 0 unspecified atom stereocenters. The number of rotatable bonds is 1. The minimum absolute atomic E-state index is 0.117. The molecule has 0 aliphatic heterocycles. The lowest BCUT2D eigenvalue weighted by molar-refractivity contribution is 0.449. The van der Waals surface area contributed by atoms with Crippen molar-refractivity contribution in [3.8, 4) is 11.5 Å². The van der Waals surface area contributed by atoms with E-state index in [4.69, 9.17) is 12.2 Å². The third kappa shape index (κ3) is 2.78. The molecule has 0 fully saturated rings. The molecule has 0 saturated carbocycles. The third-order valence-corrected chi connectivity index (χ3v) is 3.21. The Kier molecular flexibility index (Phi) is 3.60. The SMILES string of the molecule is CN(C)C(=S)Sc1cc(O)ccc1O. The van der Waals surface area contributed by atoms with Crippen molar-refractivity contribution in [2.24, 2.45) is 0 Å². The summed E-state index contributed by atoms with van der Waals surface area (Å²) >= 11 is 6.30. The predicted molar refractivity (Wildman–Crippen MR) is 61.9 cm³/mol. The highest BCUT2D eigenvalue weighted by atomic mass is 32.2. The average molecular weight is 229 g/mol. The van der Waals surface area contributed by atoms with Gasteiger partial charge >= 0.3 is 0 Å². The van der Waals surface area contributed by atoms with Crippen molar-refractivity contribution in [2.45, 2.75) is 4.90 Å². The lowest BCUT2D eigenvalue weighted by Gasteiger charge is -2.13. The van der Waals surface area contributed by atoms with Gasteiger partial charge in [0.25, 0.3) is 0 Å². The number of benzene rings is 1. The Hall–Kier alpha value is -0.940. The molecule has 76 valence electrons. The zero-order valence-electron chi connectivity index (χ0n) is 7.89. The zero-order valence-corrected chi connectivity index (χ0v) is 9.52. The van der Waals surface area contributed by atoms with Gasteiger partial charge in [0.2, 0.25) is 0 Å². The third-order valence-electron chi connectivity index (χ3n) is 1.51. The molecule has 1 rings (SSSR count). The Morgan fingerprint density at radius 1 is 1.36 bits per heavy atom. The first kappa shape index (κ1) is 11.1. The summed E-state index contributed by atoms with van der Waals surface area (Å²) in [5.74, 6) is 0.240. The maximum absolute atomic E-state index is 9.46. The van der Waals surface area contributed by atoms with Crippen LogP contribution in [-0.2, 0) is 0 Å². The molecule has 0 aromatic heterocycles. The molecule has 0 amide bonds. The minimum Gasteiger partial charge on any atom is -0.508 e. The fraction of sp³-hybridized carbons (Fsp3) is 0.222. The van der Waals surface area contributed by atoms with E-state index in [0.29, 0.717) is 9.22 Å². The number of phenolic OH excluding ortho intramolecular Hbond substituents is 2. The number of thiocarbonyl (C=S) groups is 1. The number of phenols is 2. The number of thioether (sulfide) groups is 1. The fourth-order valence-electron chi connectivity index (χ4n) is 0.770. The molecular weight excluding hydrogens is 218 g/mol. The molecular formula is C9H11NO2S2. The van der Waals surface area contributed by atoms with Gasteiger partial charge in [-0.2, -0.15) is 0 Å². The van der Waals surface area contributed by atoms with Crippen LogP contribution < -0.4 is 0 Å². The number of hydrogen-bond donors (Lipinski definition) is 2. The van der Waals surface area contributed by atoms with Crippen LogP contribution in [0.1, 0.15) is 0 Å². The normalized spacial score (nSPS) is 9.86. The van der Waals surface area contributed by atoms with E-state index in [0.717, 1.165) is 0 Å². The monoisotopic (exact) mass is 229 g/mol. The van der Waals surface area contributed by atoms with Gasteiger partial charge in [-0.25, -0.2) is 0 Å². The van der Waals surface area contributed by atoms with Crippen LogP contribution in [0.4, 0.5) is 0 Å². The van der Waals surface area contributed by atoms with Crippen molar-refractivity contribution in [3.63, 3.8) is 0 Å². The highest BCUT2D eigenvalue weighted by Gasteiger charge is 2.07. The Morgan fingerprint density at radius 2 is 2.00 bits per heavy atom. The van der Waals surface area contributed by atoms with Gasteiger partial charge in [0, 0.05) is 14.1 Å². The maximum atomic E-state index is 9.46. The van der Waals surface area contributed by atoms with Gasteiger partial charge in [-0.05, 0) is 18.2 Å². The van der Waals surface area contributed by atoms with Crippen LogP contribution in [0.3, 0.4) is 0 Å². The van der Waals surface area contributed by atoms with Crippen LogP contribution in [0.2, 0.25) is 0 Å². The van der Waals surface area contributed by atoms with Crippen LogP contribution >= 0.6 is 24.0 Å². The van der Waals surface area contributed by atoms with Gasteiger partial charge in [-0.3, -0.25) is 0 Å². The van der Waals surface area contributed by atoms with E-state index in [-0.39, 0.29) is 11.5 Å². The summed E-state index contributed by atoms with van der Waals surface area (Å²) in [6, 6.07) is 4.35. The van der Waals surface area contributed by atoms with Crippen LogP contribution in [-0.4, -0.2) is 33.5 Å². The molecule has 0 aliphatic rings. The number of hydrogen-bond acceptors (Lipinski definition) is 4. The van der Waals surface area contributed by atoms with Crippen LogP contribution in [0, 0.1) is 0 Å². The summed E-state index contributed by atoms with van der Waals surface area (Å²) in [4.78, 5) is 2.33. The second kappa shape index (κ2) is 4.52. The summed E-state index contributed by atoms with van der Waals surface area (Å²) in [6.45, 7) is 0. The van der Waals surface area contributed by atoms with Crippen molar-refractivity contribution in [1.29, 1.82) is 0 Å². The Morgan fingerprint density at radius 3 is 2.57 bits per heavy atom. The van der Waals surface area contributed by atoms with Gasteiger partial charge in [0.15, 0.2) is 0 Å². The van der Waals surface area contributed by atoms with E-state index in [1.165, 1.54) is 30.0 Å². The smallest absolute Gasteiger partial charge is 0.140 e. The molecule has 1 aromatic rings. The van der Waals surface area contributed by atoms with E-state index in [1.54, 1.807) is 4.90 Å². The molecule has 0 atom stereocenters. The Balaban J connectivity index is 2.86. The van der Waals surface area contributed by atoms with E-state index in [2.05, 4.69) is 0 Å². The topological polar surface area (TPSA) is 43.7 Å². The summed E-state index contributed by atoms with van der Waals surface area (Å²) in [5, 5.41) is 18.7. The van der Waals surface area contributed by atoms with Gasteiger partial charge in [-0.15, -0.1) is 0 Å². The highest BCUT2D eigenvalue weighted by Crippen LogP contribution is 2.32. The molecule has 1 aromatic carbocycles. The quantitative estimate of drug-likeness (QED) is 0.438. The van der Waals surface area contributed by atoms with E-state index in [9.17, 15) is 10.2 Å². The summed E-state index contributed by atoms with van der Waals surface area (Å²) in [6.07, 6.45) is 0. The van der Waals surface area contributed by atoms with Gasteiger partial charge in [-0.1, -0.05) is 24.0 Å². The molecule has 14 heavy (non-hydrogen) atoms. The average Bonchev–Trinajstić information content (AvgIpc) is 2.11. The van der Waals surface area contributed by atoms with E-state index < -0.39 is 0 Å². The van der Waals surface area contributed by atoms with Gasteiger partial charge in [0.1, 0.15) is 15.8 Å². The first-order valence-corrected chi connectivity index (χ1v) is 5.14. The van der Waals surface area contributed by atoms with Crippen LogP contribution in [0.25, 0.3) is 0 Å². The fourth-order valence-corrected chi connectivity index (χ4v) is 1.76. The molecule has 0 saturated heterocycles. The Bertz CT molecular complexity index is 353. The number of nitrogens with zero attached hydrogens (tertiary/aromatic N) is 1. The maximum Gasteiger partial charge on any atom is 0.140 e. The minimum atomic E-state index is 0.117. The highest BCUT2D eigenvalue weighted by molar-refractivity contribution is 8.23. The Labute approximate surface area is 92.4 Å². The van der Waals surface area contributed by atoms with Crippen LogP contribution in [0.15, 0.2) is 23.1 Å². The summed E-state index contributed by atoms with van der Waals surface area (Å²) in [7, 11) is 3.66. The molecule has 0 radical (unpaired) electrons. The molecule has 5 heteroatoms. The molecule has 0 bridgehead atoms. The van der Waals surface area contributed by atoms with Gasteiger partial charge in [0.05, 0.1) is 4.90 Å². The standard InChI is InChI=1S/C9H11NO2S2/c1-10(2)9(13)14-8-5-6(11)3-4-7(8)12/h3-5,11-12H,1-2H3. The molecule has 0 spiro atoms. The van der Waals surface area contributed by atoms with Crippen molar-refractivity contribution in [2.75, 3.05) is 14.1 Å². The molecule has 0 aliphatic carbocycles. The van der Waals surface area contributed by atoms with Crippen LogP contribution in [0.5, 0.6) is 11.5 Å².